The van der Waals surface area contributed by atoms with Crippen molar-refractivity contribution in [1.82, 2.24) is 14.1 Å². The summed E-state index contributed by atoms with van der Waals surface area (Å²) in [6.45, 7) is -1.77. The molecule has 1 aliphatic heterocycles. The number of aliphatic hydroxyl groups is 2. The van der Waals surface area contributed by atoms with E-state index in [1.54, 1.807) is 0 Å². The van der Waals surface area contributed by atoms with Gasteiger partial charge in [-0.05, 0) is 25.0 Å². The van der Waals surface area contributed by atoms with Gasteiger partial charge >= 0.3 is 17.6 Å². The Bertz CT molecular complexity index is 1210. The van der Waals surface area contributed by atoms with Crippen LogP contribution in [0.25, 0.3) is 0 Å². The molecule has 0 aromatic carbocycles. The molecule has 0 bridgehead atoms. The van der Waals surface area contributed by atoms with E-state index in [0.29, 0.717) is 22.0 Å². The standard InChI is InChI=1S/C23H26FN3O9/c24-23(12-34-20(31)14-5-2-1-3-6-14)18(30)17(29)19(36-23)26-10-8-16(28)27(22(26)33)13-35-21(32)15-7-4-9-25-11-15/h4,7-11,14,17-19,29-30H,1-3,5-6,12-13H2/t17-,18+,19-,23-/m1/s1. The molecule has 1 aliphatic carbocycles. The molecule has 2 aliphatic rings. The van der Waals surface area contributed by atoms with Gasteiger partial charge in [-0.25, -0.2) is 18.5 Å². The van der Waals surface area contributed by atoms with Crippen molar-refractivity contribution in [2.75, 3.05) is 6.61 Å². The Morgan fingerprint density at radius 1 is 1.17 bits per heavy atom. The van der Waals surface area contributed by atoms with E-state index in [4.69, 9.17) is 14.2 Å². The summed E-state index contributed by atoms with van der Waals surface area (Å²) in [5.41, 5.74) is -1.85. The molecule has 1 saturated carbocycles. The summed E-state index contributed by atoms with van der Waals surface area (Å²) in [5, 5.41) is 20.7. The lowest BCUT2D eigenvalue weighted by atomic mass is 9.89. The van der Waals surface area contributed by atoms with E-state index < -0.39 is 60.8 Å². The van der Waals surface area contributed by atoms with Crippen LogP contribution in [0.2, 0.25) is 0 Å². The zero-order valence-electron chi connectivity index (χ0n) is 19.2. The summed E-state index contributed by atoms with van der Waals surface area (Å²) in [5.74, 6) is -4.84. The number of ether oxygens (including phenoxy) is 3. The summed E-state index contributed by atoms with van der Waals surface area (Å²) in [6.07, 6.45) is 1.74. The highest BCUT2D eigenvalue weighted by Crippen LogP contribution is 2.38. The number of esters is 2. The summed E-state index contributed by atoms with van der Waals surface area (Å²) >= 11 is 0. The molecule has 1 saturated heterocycles. The van der Waals surface area contributed by atoms with Crippen molar-refractivity contribution >= 4 is 11.9 Å². The molecule has 0 amide bonds. The molecule has 13 heteroatoms. The minimum Gasteiger partial charge on any atom is -0.459 e. The van der Waals surface area contributed by atoms with Gasteiger partial charge in [-0.3, -0.25) is 19.1 Å². The minimum absolute atomic E-state index is 0.0875. The van der Waals surface area contributed by atoms with Gasteiger partial charge in [0.1, 0.15) is 12.2 Å². The SMILES string of the molecule is O=C(OCn1c(=O)ccn([C@@H]2O[C@](F)(COC(=O)C3CCCCC3)[C@@H](O)[C@H]2O)c1=O)c1cccnc1. The smallest absolute Gasteiger partial charge is 0.341 e. The molecular weight excluding hydrogens is 481 g/mol. The van der Waals surface area contributed by atoms with Gasteiger partial charge in [-0.15, -0.1) is 0 Å². The largest absolute Gasteiger partial charge is 0.459 e. The van der Waals surface area contributed by atoms with Gasteiger partial charge in [0.25, 0.3) is 11.4 Å². The van der Waals surface area contributed by atoms with Gasteiger partial charge in [0.05, 0.1) is 11.5 Å². The lowest BCUT2D eigenvalue weighted by molar-refractivity contribution is -0.218. The minimum atomic E-state index is -3.00. The van der Waals surface area contributed by atoms with E-state index in [2.05, 4.69) is 4.98 Å². The lowest BCUT2D eigenvalue weighted by Crippen LogP contribution is -2.44. The monoisotopic (exact) mass is 507 g/mol. The van der Waals surface area contributed by atoms with Crippen molar-refractivity contribution < 1.29 is 38.4 Å². The predicted molar refractivity (Wildman–Crippen MR) is 118 cm³/mol. The number of halogens is 1. The van der Waals surface area contributed by atoms with E-state index >= 15 is 4.39 Å². The van der Waals surface area contributed by atoms with Crippen molar-refractivity contribution in [3.63, 3.8) is 0 Å². The quantitative estimate of drug-likeness (QED) is 0.498. The van der Waals surface area contributed by atoms with E-state index in [0.717, 1.165) is 31.5 Å². The van der Waals surface area contributed by atoms with Crippen LogP contribution in [0.1, 0.15) is 48.7 Å². The number of aromatic nitrogens is 3. The van der Waals surface area contributed by atoms with Crippen LogP contribution >= 0.6 is 0 Å². The Hall–Kier alpha value is -3.42. The van der Waals surface area contributed by atoms with Gasteiger partial charge in [-0.1, -0.05) is 19.3 Å². The number of alkyl halides is 1. The Labute approximate surface area is 203 Å². The first-order valence-corrected chi connectivity index (χ1v) is 11.5. The molecule has 2 aromatic heterocycles. The van der Waals surface area contributed by atoms with E-state index in [-0.39, 0.29) is 11.5 Å². The molecule has 0 spiro atoms. The van der Waals surface area contributed by atoms with Crippen molar-refractivity contribution in [1.29, 1.82) is 0 Å². The fraction of sp³-hybridized carbons (Fsp3) is 0.522. The molecule has 0 unspecified atom stereocenters. The normalized spacial score (nSPS) is 26.5. The fourth-order valence-electron chi connectivity index (χ4n) is 4.25. The van der Waals surface area contributed by atoms with Crippen molar-refractivity contribution in [2.24, 2.45) is 5.92 Å². The van der Waals surface area contributed by atoms with Crippen LogP contribution in [0.4, 0.5) is 4.39 Å². The van der Waals surface area contributed by atoms with Crippen LogP contribution < -0.4 is 11.2 Å². The molecular formula is C23H26FN3O9. The van der Waals surface area contributed by atoms with Gasteiger partial charge in [0.15, 0.2) is 19.6 Å². The fourth-order valence-corrected chi connectivity index (χ4v) is 4.25. The van der Waals surface area contributed by atoms with Crippen LogP contribution in [-0.2, 0) is 25.7 Å². The zero-order chi connectivity index (χ0) is 25.9. The van der Waals surface area contributed by atoms with E-state index in [9.17, 15) is 29.4 Å². The molecule has 36 heavy (non-hydrogen) atoms. The maximum absolute atomic E-state index is 15.4. The number of hydrogen-bond donors (Lipinski definition) is 2. The van der Waals surface area contributed by atoms with Crippen LogP contribution in [-0.4, -0.2) is 60.9 Å². The molecule has 194 valence electrons. The summed E-state index contributed by atoms with van der Waals surface area (Å²) in [6, 6.07) is 3.84. The predicted octanol–water partition coefficient (Wildman–Crippen LogP) is 0.259. The van der Waals surface area contributed by atoms with Crippen LogP contribution in [0.5, 0.6) is 0 Å². The maximum Gasteiger partial charge on any atom is 0.341 e. The van der Waals surface area contributed by atoms with Crippen molar-refractivity contribution in [3.05, 3.63) is 63.2 Å². The molecule has 12 nitrogen and oxygen atoms in total. The van der Waals surface area contributed by atoms with Crippen molar-refractivity contribution in [3.8, 4) is 0 Å². The molecule has 2 aromatic rings. The van der Waals surface area contributed by atoms with Crippen LogP contribution in [0, 0.1) is 5.92 Å². The number of rotatable bonds is 7. The average Bonchev–Trinajstić information content (AvgIpc) is 3.12. The van der Waals surface area contributed by atoms with Gasteiger partial charge in [-0.2, -0.15) is 0 Å². The van der Waals surface area contributed by atoms with Gasteiger partial charge < -0.3 is 24.4 Å². The van der Waals surface area contributed by atoms with Gasteiger partial charge in [0, 0.05) is 24.7 Å². The summed E-state index contributed by atoms with van der Waals surface area (Å²) in [4.78, 5) is 53.3. The molecule has 4 rings (SSSR count). The Morgan fingerprint density at radius 2 is 1.92 bits per heavy atom. The maximum atomic E-state index is 15.4. The highest BCUT2D eigenvalue weighted by atomic mass is 19.2. The van der Waals surface area contributed by atoms with E-state index in [1.165, 1.54) is 24.5 Å². The Morgan fingerprint density at radius 3 is 2.61 bits per heavy atom. The molecule has 2 N–H and O–H groups in total. The average molecular weight is 507 g/mol. The Balaban J connectivity index is 1.47. The topological polar surface area (TPSA) is 159 Å². The van der Waals surface area contributed by atoms with Crippen molar-refractivity contribution in [2.45, 2.75) is 63.1 Å². The first-order valence-electron chi connectivity index (χ1n) is 11.5. The summed E-state index contributed by atoms with van der Waals surface area (Å²) < 4.78 is 31.8. The van der Waals surface area contributed by atoms with Crippen LogP contribution in [0.3, 0.4) is 0 Å². The third kappa shape index (κ3) is 5.22. The first kappa shape index (κ1) is 25.7. The highest BCUT2D eigenvalue weighted by molar-refractivity contribution is 5.88. The number of nitrogens with zero attached hydrogens (tertiary/aromatic N) is 3. The third-order valence-electron chi connectivity index (χ3n) is 6.32. The number of aliphatic hydroxyl groups excluding tert-OH is 2. The Kier molecular flexibility index (Phi) is 7.62. The second-order valence-corrected chi connectivity index (χ2v) is 8.75. The second-order valence-electron chi connectivity index (χ2n) is 8.75. The second kappa shape index (κ2) is 10.7. The molecule has 4 atom stereocenters. The van der Waals surface area contributed by atoms with Crippen LogP contribution in [0.15, 0.2) is 46.4 Å². The number of carbonyl (C=O) groups is 2. The zero-order valence-corrected chi connectivity index (χ0v) is 19.2. The van der Waals surface area contributed by atoms with Gasteiger partial charge in [0.2, 0.25) is 0 Å². The first-order chi connectivity index (χ1) is 17.2. The number of hydrogen-bond acceptors (Lipinski definition) is 10. The molecule has 3 heterocycles. The third-order valence-corrected chi connectivity index (χ3v) is 6.32. The lowest BCUT2D eigenvalue weighted by Gasteiger charge is -2.25. The number of pyridine rings is 1. The molecule has 0 radical (unpaired) electrons. The highest BCUT2D eigenvalue weighted by Gasteiger charge is 2.57. The molecule has 2 fully saturated rings. The van der Waals surface area contributed by atoms with E-state index in [1.807, 2.05) is 0 Å². The number of carbonyl (C=O) groups excluding carboxylic acids is 2. The summed E-state index contributed by atoms with van der Waals surface area (Å²) in [7, 11) is 0.